The minimum absolute atomic E-state index is 0. The average Bonchev–Trinajstić information content (AvgIpc) is 2.28. The third-order valence-electron chi connectivity index (χ3n) is 2.22. The van der Waals surface area contributed by atoms with Crippen LogP contribution >= 0.6 is 28.3 Å². The highest BCUT2D eigenvalue weighted by atomic mass is 79.9. The van der Waals surface area contributed by atoms with E-state index in [-0.39, 0.29) is 24.4 Å². The second-order valence-electron chi connectivity index (χ2n) is 4.21. The largest absolute Gasteiger partial charge is 0.490 e. The van der Waals surface area contributed by atoms with Gasteiger partial charge in [0.25, 0.3) is 5.91 Å². The lowest BCUT2D eigenvalue weighted by atomic mass is 10.2. The van der Waals surface area contributed by atoms with Gasteiger partial charge in [-0.2, -0.15) is 0 Å². The van der Waals surface area contributed by atoms with Crippen molar-refractivity contribution >= 4 is 34.2 Å². The number of benzene rings is 1. The van der Waals surface area contributed by atoms with Gasteiger partial charge in [0.15, 0.2) is 0 Å². The van der Waals surface area contributed by atoms with E-state index in [1.165, 1.54) is 0 Å². The number of nitrogens with two attached hydrogens (primary N) is 1. The molecular formula is C13H20BrClN2O2. The fourth-order valence-corrected chi connectivity index (χ4v) is 1.77. The van der Waals surface area contributed by atoms with E-state index in [0.717, 1.165) is 10.9 Å². The Labute approximate surface area is 128 Å². The molecule has 1 aromatic rings. The van der Waals surface area contributed by atoms with Crippen molar-refractivity contribution in [3.05, 3.63) is 28.2 Å². The van der Waals surface area contributed by atoms with Gasteiger partial charge in [0.1, 0.15) is 5.75 Å². The maximum atomic E-state index is 12.0. The fraction of sp³-hybridized carbons (Fsp3) is 0.462. The second-order valence-corrected chi connectivity index (χ2v) is 5.12. The Hall–Kier alpha value is -0.780. The van der Waals surface area contributed by atoms with Gasteiger partial charge in [-0.25, -0.2) is 0 Å². The zero-order valence-electron chi connectivity index (χ0n) is 11.1. The van der Waals surface area contributed by atoms with Crippen molar-refractivity contribution in [1.82, 2.24) is 5.32 Å². The lowest BCUT2D eigenvalue weighted by Gasteiger charge is -2.14. The minimum Gasteiger partial charge on any atom is -0.490 e. The van der Waals surface area contributed by atoms with Crippen molar-refractivity contribution in [3.8, 4) is 5.75 Å². The van der Waals surface area contributed by atoms with Gasteiger partial charge < -0.3 is 15.8 Å². The number of rotatable bonds is 6. The van der Waals surface area contributed by atoms with Crippen molar-refractivity contribution in [1.29, 1.82) is 0 Å². The maximum Gasteiger partial charge on any atom is 0.255 e. The van der Waals surface area contributed by atoms with Crippen molar-refractivity contribution in [2.75, 3.05) is 13.1 Å². The molecular weight excluding hydrogens is 332 g/mol. The number of amides is 1. The van der Waals surface area contributed by atoms with Crippen LogP contribution in [0.4, 0.5) is 0 Å². The smallest absolute Gasteiger partial charge is 0.255 e. The van der Waals surface area contributed by atoms with Gasteiger partial charge in [-0.15, -0.1) is 12.4 Å². The van der Waals surface area contributed by atoms with E-state index >= 15 is 0 Å². The van der Waals surface area contributed by atoms with Crippen molar-refractivity contribution in [2.24, 2.45) is 5.73 Å². The van der Waals surface area contributed by atoms with Gasteiger partial charge in [0, 0.05) is 11.0 Å². The van der Waals surface area contributed by atoms with Gasteiger partial charge in [-0.05, 0) is 45.0 Å². The summed E-state index contributed by atoms with van der Waals surface area (Å²) in [4.78, 5) is 12.0. The molecule has 0 aliphatic heterocycles. The first-order chi connectivity index (χ1) is 8.54. The number of hydrogen-bond donors (Lipinski definition) is 2. The van der Waals surface area contributed by atoms with Crippen molar-refractivity contribution in [2.45, 2.75) is 26.4 Å². The maximum absolute atomic E-state index is 12.0. The summed E-state index contributed by atoms with van der Waals surface area (Å²) >= 11 is 3.37. The van der Waals surface area contributed by atoms with Crippen LogP contribution in [-0.4, -0.2) is 25.1 Å². The zero-order valence-corrected chi connectivity index (χ0v) is 13.5. The molecule has 0 saturated heterocycles. The van der Waals surface area contributed by atoms with E-state index in [1.807, 2.05) is 19.9 Å². The highest BCUT2D eigenvalue weighted by Crippen LogP contribution is 2.24. The number of carbonyl (C=O) groups excluding carboxylic acids is 1. The molecule has 1 aromatic carbocycles. The van der Waals surface area contributed by atoms with E-state index in [2.05, 4.69) is 21.2 Å². The van der Waals surface area contributed by atoms with Gasteiger partial charge >= 0.3 is 0 Å². The summed E-state index contributed by atoms with van der Waals surface area (Å²) in [5, 5.41) is 2.82. The first-order valence-corrected chi connectivity index (χ1v) is 6.78. The molecule has 0 aromatic heterocycles. The van der Waals surface area contributed by atoms with Crippen LogP contribution < -0.4 is 15.8 Å². The molecule has 108 valence electrons. The molecule has 0 fully saturated rings. The summed E-state index contributed by atoms with van der Waals surface area (Å²) in [5.41, 5.74) is 5.93. The lowest BCUT2D eigenvalue weighted by Crippen LogP contribution is -2.26. The van der Waals surface area contributed by atoms with E-state index < -0.39 is 0 Å². The third-order valence-corrected chi connectivity index (χ3v) is 2.71. The highest BCUT2D eigenvalue weighted by molar-refractivity contribution is 9.10. The Morgan fingerprint density at radius 1 is 1.47 bits per heavy atom. The molecule has 0 unspecified atom stereocenters. The van der Waals surface area contributed by atoms with E-state index in [9.17, 15) is 4.79 Å². The van der Waals surface area contributed by atoms with Crippen molar-refractivity contribution < 1.29 is 9.53 Å². The summed E-state index contributed by atoms with van der Waals surface area (Å²) < 4.78 is 6.52. The molecule has 0 radical (unpaired) electrons. The molecule has 6 heteroatoms. The van der Waals surface area contributed by atoms with Gasteiger partial charge in [0.2, 0.25) is 0 Å². The van der Waals surface area contributed by atoms with Gasteiger partial charge in [0.05, 0.1) is 11.7 Å². The molecule has 4 nitrogen and oxygen atoms in total. The summed E-state index contributed by atoms with van der Waals surface area (Å²) in [6.45, 7) is 5.00. The van der Waals surface area contributed by atoms with Crippen LogP contribution in [0.3, 0.4) is 0 Å². The first kappa shape index (κ1) is 18.2. The second kappa shape index (κ2) is 9.18. The zero-order chi connectivity index (χ0) is 13.5. The molecule has 0 bridgehead atoms. The number of ether oxygens (including phenoxy) is 1. The molecule has 3 N–H and O–H groups in total. The molecule has 0 aliphatic rings. The predicted molar refractivity (Wildman–Crippen MR) is 83.2 cm³/mol. The van der Waals surface area contributed by atoms with Gasteiger partial charge in [-0.1, -0.05) is 15.9 Å². The summed E-state index contributed by atoms with van der Waals surface area (Å²) in [6, 6.07) is 5.38. The average molecular weight is 352 g/mol. The van der Waals surface area contributed by atoms with Crippen LogP contribution in [0.5, 0.6) is 5.75 Å². The minimum atomic E-state index is -0.133. The molecule has 0 heterocycles. The Kier molecular flexibility index (Phi) is 8.80. The monoisotopic (exact) mass is 350 g/mol. The van der Waals surface area contributed by atoms with Crippen molar-refractivity contribution in [3.63, 3.8) is 0 Å². The Balaban J connectivity index is 0.00000324. The summed E-state index contributed by atoms with van der Waals surface area (Å²) in [7, 11) is 0. The Bertz CT molecular complexity index is 414. The number of nitrogens with one attached hydrogen (secondary N) is 1. The molecule has 0 spiro atoms. The van der Waals surface area contributed by atoms with Gasteiger partial charge in [-0.3, -0.25) is 4.79 Å². The summed E-state index contributed by atoms with van der Waals surface area (Å²) in [5.74, 6) is 0.455. The van der Waals surface area contributed by atoms with Crippen LogP contribution in [0.25, 0.3) is 0 Å². The predicted octanol–water partition coefficient (Wildman–Crippen LogP) is 2.74. The quantitative estimate of drug-likeness (QED) is 0.775. The first-order valence-electron chi connectivity index (χ1n) is 5.99. The van der Waals surface area contributed by atoms with Crippen LogP contribution in [-0.2, 0) is 0 Å². The Morgan fingerprint density at radius 3 is 2.74 bits per heavy atom. The normalized spacial score (nSPS) is 9.95. The van der Waals surface area contributed by atoms with Crippen LogP contribution in [0.1, 0.15) is 30.6 Å². The third kappa shape index (κ3) is 6.27. The SMILES string of the molecule is CC(C)Oc1cc(Br)ccc1C(=O)NCCCN.Cl. The highest BCUT2D eigenvalue weighted by Gasteiger charge is 2.13. The number of hydrogen-bond acceptors (Lipinski definition) is 3. The molecule has 1 rings (SSSR count). The molecule has 1 amide bonds. The van der Waals surface area contributed by atoms with Crippen LogP contribution in [0.15, 0.2) is 22.7 Å². The van der Waals surface area contributed by atoms with Crippen LogP contribution in [0.2, 0.25) is 0 Å². The summed E-state index contributed by atoms with van der Waals surface area (Å²) in [6.07, 6.45) is 0.790. The fourth-order valence-electron chi connectivity index (χ4n) is 1.43. The lowest BCUT2D eigenvalue weighted by molar-refractivity contribution is 0.0947. The topological polar surface area (TPSA) is 64.3 Å². The molecule has 0 aliphatic carbocycles. The number of carbonyl (C=O) groups is 1. The standard InChI is InChI=1S/C13H19BrN2O2.ClH/c1-9(2)18-12-8-10(14)4-5-11(12)13(17)16-7-3-6-15;/h4-5,8-9H,3,6-7,15H2,1-2H3,(H,16,17);1H. The molecule has 19 heavy (non-hydrogen) atoms. The van der Waals surface area contributed by atoms with E-state index in [4.69, 9.17) is 10.5 Å². The number of halogens is 2. The van der Waals surface area contributed by atoms with E-state index in [0.29, 0.717) is 24.4 Å². The molecule has 0 atom stereocenters. The molecule has 0 saturated carbocycles. The van der Waals surface area contributed by atoms with E-state index in [1.54, 1.807) is 12.1 Å². The van der Waals surface area contributed by atoms with Crippen LogP contribution in [0, 0.1) is 0 Å². The Morgan fingerprint density at radius 2 is 2.16 bits per heavy atom.